The first-order valence-corrected chi connectivity index (χ1v) is 4.38. The van der Waals surface area contributed by atoms with Gasteiger partial charge >= 0.3 is 0 Å². The number of hydrogen-bond acceptors (Lipinski definition) is 2. The molecular formula is C9H16FN3. The number of hydrogen-bond donors (Lipinski definition) is 1. The van der Waals surface area contributed by atoms with Crippen molar-refractivity contribution in [2.45, 2.75) is 19.5 Å². The van der Waals surface area contributed by atoms with E-state index < -0.39 is 5.67 Å². The van der Waals surface area contributed by atoms with E-state index in [-0.39, 0.29) is 12.5 Å². The molecule has 0 aliphatic heterocycles. The van der Waals surface area contributed by atoms with Crippen molar-refractivity contribution in [3.8, 4) is 0 Å². The molecule has 0 radical (unpaired) electrons. The fourth-order valence-corrected chi connectivity index (χ4v) is 1.26. The number of alkyl halides is 1. The summed E-state index contributed by atoms with van der Waals surface area (Å²) in [6.07, 6.45) is 3.26. The maximum atomic E-state index is 14.2. The summed E-state index contributed by atoms with van der Waals surface area (Å²) in [6.45, 7) is 3.59. The van der Waals surface area contributed by atoms with Gasteiger partial charge in [-0.15, -0.1) is 0 Å². The molecule has 1 aromatic heterocycles. The lowest BCUT2D eigenvalue weighted by Gasteiger charge is -2.25. The van der Waals surface area contributed by atoms with Crippen molar-refractivity contribution < 1.29 is 4.39 Å². The number of nitrogens with zero attached hydrogens (tertiary/aromatic N) is 2. The van der Waals surface area contributed by atoms with Gasteiger partial charge in [-0.2, -0.15) is 0 Å². The quantitative estimate of drug-likeness (QED) is 0.769. The standard InChI is InChI=1S/C9H16FN3/c1-7(2)9(10,5-11)8-4-13(3)6-12-8/h4,6-7H,5,11H2,1-3H3. The second-order valence-electron chi connectivity index (χ2n) is 3.65. The predicted octanol–water partition coefficient (Wildman–Crippen LogP) is 1.20. The van der Waals surface area contributed by atoms with Crippen LogP contribution in [0.15, 0.2) is 12.5 Å². The van der Waals surface area contributed by atoms with Gasteiger partial charge in [-0.25, -0.2) is 9.37 Å². The van der Waals surface area contributed by atoms with Gasteiger partial charge in [0.2, 0.25) is 0 Å². The highest BCUT2D eigenvalue weighted by molar-refractivity contribution is 5.11. The van der Waals surface area contributed by atoms with Gasteiger partial charge in [-0.05, 0) is 5.92 Å². The van der Waals surface area contributed by atoms with E-state index in [1.165, 1.54) is 0 Å². The predicted molar refractivity (Wildman–Crippen MR) is 49.9 cm³/mol. The van der Waals surface area contributed by atoms with Gasteiger partial charge < -0.3 is 10.3 Å². The van der Waals surface area contributed by atoms with Crippen LogP contribution < -0.4 is 5.73 Å². The molecule has 0 saturated carbocycles. The van der Waals surface area contributed by atoms with E-state index in [1.54, 1.807) is 17.1 Å². The third-order valence-corrected chi connectivity index (χ3v) is 2.34. The second kappa shape index (κ2) is 3.46. The Labute approximate surface area is 77.8 Å². The lowest BCUT2D eigenvalue weighted by Crippen LogP contribution is -2.36. The molecule has 0 spiro atoms. The number of halogens is 1. The summed E-state index contributed by atoms with van der Waals surface area (Å²) in [4.78, 5) is 3.99. The molecule has 0 fully saturated rings. The van der Waals surface area contributed by atoms with Crippen molar-refractivity contribution in [1.82, 2.24) is 9.55 Å². The highest BCUT2D eigenvalue weighted by atomic mass is 19.1. The number of imidazole rings is 1. The fraction of sp³-hybridized carbons (Fsp3) is 0.667. The third-order valence-electron chi connectivity index (χ3n) is 2.34. The molecule has 1 unspecified atom stereocenters. The van der Waals surface area contributed by atoms with Crippen LogP contribution in [-0.2, 0) is 12.7 Å². The van der Waals surface area contributed by atoms with E-state index in [4.69, 9.17) is 5.73 Å². The molecule has 4 heteroatoms. The SMILES string of the molecule is CC(C)C(F)(CN)c1cn(C)cn1. The van der Waals surface area contributed by atoms with Gasteiger partial charge in [0.15, 0.2) is 5.67 Å². The highest BCUT2D eigenvalue weighted by Crippen LogP contribution is 2.31. The number of aromatic nitrogens is 2. The Bertz CT molecular complexity index is 282. The van der Waals surface area contributed by atoms with Crippen molar-refractivity contribution >= 4 is 0 Å². The van der Waals surface area contributed by atoms with Crippen molar-refractivity contribution in [3.63, 3.8) is 0 Å². The van der Waals surface area contributed by atoms with Gasteiger partial charge in [0.05, 0.1) is 12.0 Å². The summed E-state index contributed by atoms with van der Waals surface area (Å²) in [5, 5.41) is 0. The van der Waals surface area contributed by atoms with Gasteiger partial charge in [0.1, 0.15) is 0 Å². The summed E-state index contributed by atoms with van der Waals surface area (Å²) >= 11 is 0. The molecule has 1 heterocycles. The van der Waals surface area contributed by atoms with Crippen LogP contribution in [0.3, 0.4) is 0 Å². The zero-order valence-electron chi connectivity index (χ0n) is 8.29. The molecule has 0 aliphatic carbocycles. The fourth-order valence-electron chi connectivity index (χ4n) is 1.26. The molecule has 1 aromatic rings. The lowest BCUT2D eigenvalue weighted by atomic mass is 9.89. The first-order valence-electron chi connectivity index (χ1n) is 4.38. The smallest absolute Gasteiger partial charge is 0.168 e. The lowest BCUT2D eigenvalue weighted by molar-refractivity contribution is 0.104. The second-order valence-corrected chi connectivity index (χ2v) is 3.65. The largest absolute Gasteiger partial charge is 0.340 e. The maximum Gasteiger partial charge on any atom is 0.168 e. The average molecular weight is 185 g/mol. The molecule has 0 amide bonds. The molecule has 0 aromatic carbocycles. The van der Waals surface area contributed by atoms with Crippen LogP contribution in [0.5, 0.6) is 0 Å². The average Bonchev–Trinajstić information content (AvgIpc) is 2.50. The minimum absolute atomic E-state index is 0.0261. The van der Waals surface area contributed by atoms with Crippen LogP contribution in [0.25, 0.3) is 0 Å². The van der Waals surface area contributed by atoms with Crippen molar-refractivity contribution in [2.24, 2.45) is 18.7 Å². The molecule has 2 N–H and O–H groups in total. The van der Waals surface area contributed by atoms with Crippen molar-refractivity contribution in [3.05, 3.63) is 18.2 Å². The number of nitrogens with two attached hydrogens (primary N) is 1. The summed E-state index contributed by atoms with van der Waals surface area (Å²) < 4.78 is 15.9. The van der Waals surface area contributed by atoms with E-state index in [0.717, 1.165) is 0 Å². The Balaban J connectivity index is 3.02. The summed E-state index contributed by atoms with van der Waals surface area (Å²) in [6, 6.07) is 0. The molecule has 0 saturated heterocycles. The Morgan fingerprint density at radius 1 is 1.69 bits per heavy atom. The minimum atomic E-state index is -1.50. The van der Waals surface area contributed by atoms with Crippen LogP contribution in [0, 0.1) is 5.92 Å². The van der Waals surface area contributed by atoms with Gasteiger partial charge in [0, 0.05) is 19.8 Å². The summed E-state index contributed by atoms with van der Waals surface area (Å²) in [5.41, 5.74) is 4.35. The van der Waals surface area contributed by atoms with Crippen LogP contribution in [-0.4, -0.2) is 16.1 Å². The minimum Gasteiger partial charge on any atom is -0.340 e. The van der Waals surface area contributed by atoms with Crippen LogP contribution in [0.1, 0.15) is 19.5 Å². The molecule has 0 aliphatic rings. The zero-order chi connectivity index (χ0) is 10.1. The van der Waals surface area contributed by atoms with Gasteiger partial charge in [0.25, 0.3) is 0 Å². The molecule has 74 valence electrons. The van der Waals surface area contributed by atoms with Crippen molar-refractivity contribution in [2.75, 3.05) is 6.54 Å². The summed E-state index contributed by atoms with van der Waals surface area (Å²) in [7, 11) is 1.81. The van der Waals surface area contributed by atoms with Gasteiger partial charge in [-0.1, -0.05) is 13.8 Å². The number of rotatable bonds is 3. The first-order chi connectivity index (χ1) is 6.00. The van der Waals surface area contributed by atoms with Crippen LogP contribution >= 0.6 is 0 Å². The normalized spacial score (nSPS) is 16.2. The van der Waals surface area contributed by atoms with E-state index in [0.29, 0.717) is 5.69 Å². The third kappa shape index (κ3) is 1.72. The van der Waals surface area contributed by atoms with E-state index in [1.807, 2.05) is 20.9 Å². The maximum absolute atomic E-state index is 14.2. The van der Waals surface area contributed by atoms with E-state index >= 15 is 0 Å². The number of aryl methyl sites for hydroxylation is 1. The molecule has 1 atom stereocenters. The Kier molecular flexibility index (Phi) is 2.71. The molecular weight excluding hydrogens is 169 g/mol. The molecule has 13 heavy (non-hydrogen) atoms. The van der Waals surface area contributed by atoms with Crippen LogP contribution in [0.2, 0.25) is 0 Å². The Morgan fingerprint density at radius 3 is 2.62 bits per heavy atom. The zero-order valence-corrected chi connectivity index (χ0v) is 8.29. The Hall–Kier alpha value is -0.900. The molecule has 3 nitrogen and oxygen atoms in total. The monoisotopic (exact) mass is 185 g/mol. The van der Waals surface area contributed by atoms with E-state index in [9.17, 15) is 4.39 Å². The van der Waals surface area contributed by atoms with Crippen molar-refractivity contribution in [1.29, 1.82) is 0 Å². The molecule has 0 bridgehead atoms. The summed E-state index contributed by atoms with van der Waals surface area (Å²) in [5.74, 6) is -0.160. The highest BCUT2D eigenvalue weighted by Gasteiger charge is 2.36. The van der Waals surface area contributed by atoms with Crippen LogP contribution in [0.4, 0.5) is 4.39 Å². The van der Waals surface area contributed by atoms with E-state index in [2.05, 4.69) is 4.98 Å². The molecule has 1 rings (SSSR count). The Morgan fingerprint density at radius 2 is 2.31 bits per heavy atom. The first kappa shape index (κ1) is 10.2. The topological polar surface area (TPSA) is 43.8 Å². The van der Waals surface area contributed by atoms with Gasteiger partial charge in [-0.3, -0.25) is 0 Å².